The highest BCUT2D eigenvalue weighted by Gasteiger charge is 2.32. The lowest BCUT2D eigenvalue weighted by Gasteiger charge is -2.35. The lowest BCUT2D eigenvalue weighted by Crippen LogP contribution is -2.45. The number of hydrogen-bond donors (Lipinski definition) is 0. The number of halogens is 3. The predicted molar refractivity (Wildman–Crippen MR) is 99.7 cm³/mol. The van der Waals surface area contributed by atoms with Crippen LogP contribution in [-0.4, -0.2) is 47.8 Å². The molecule has 0 unspecified atom stereocenters. The van der Waals surface area contributed by atoms with E-state index in [1.165, 1.54) is 31.4 Å². The molecule has 1 aromatic carbocycles. The lowest BCUT2D eigenvalue weighted by atomic mass is 9.94. The molecule has 154 valence electrons. The number of amides is 2. The summed E-state index contributed by atoms with van der Waals surface area (Å²) in [6.45, 7) is 2.57. The molecule has 0 spiro atoms. The molecule has 2 aliphatic heterocycles. The molecule has 2 aliphatic rings. The van der Waals surface area contributed by atoms with Gasteiger partial charge in [-0.2, -0.15) is 13.2 Å². The number of piperidine rings is 1. The van der Waals surface area contributed by atoms with Gasteiger partial charge in [0, 0.05) is 37.7 Å². The first kappa shape index (κ1) is 20.7. The summed E-state index contributed by atoms with van der Waals surface area (Å²) in [5, 5.41) is 0. The second kappa shape index (κ2) is 8.97. The molecule has 4 nitrogen and oxygen atoms in total. The summed E-state index contributed by atoms with van der Waals surface area (Å²) in [4.78, 5) is 29.0. The standard InChI is InChI=1S/C21H27F3N2O2/c22-21(23,24)18-8-6-16(7-9-18)19(27)26-14-10-17(11-15-26)20(28)25-12-4-2-1-3-5-13-25/h6-9,17H,1-5,10-15H2. The van der Waals surface area contributed by atoms with Crippen molar-refractivity contribution in [1.29, 1.82) is 0 Å². The average Bonchev–Trinajstić information content (AvgIpc) is 2.66. The van der Waals surface area contributed by atoms with Crippen LogP contribution in [0.3, 0.4) is 0 Å². The molecule has 2 heterocycles. The SMILES string of the molecule is O=C(c1ccc(C(F)(F)F)cc1)N1CCC(C(=O)N2CCCCCCC2)CC1. The zero-order chi connectivity index (χ0) is 20.1. The fourth-order valence-electron chi connectivity index (χ4n) is 4.04. The Hall–Kier alpha value is -2.05. The Morgan fingerprint density at radius 3 is 1.86 bits per heavy atom. The van der Waals surface area contributed by atoms with Crippen molar-refractivity contribution in [2.45, 2.75) is 51.1 Å². The van der Waals surface area contributed by atoms with E-state index in [2.05, 4.69) is 0 Å². The van der Waals surface area contributed by atoms with E-state index < -0.39 is 11.7 Å². The van der Waals surface area contributed by atoms with Crippen molar-refractivity contribution in [3.8, 4) is 0 Å². The topological polar surface area (TPSA) is 40.6 Å². The van der Waals surface area contributed by atoms with Crippen LogP contribution < -0.4 is 0 Å². The van der Waals surface area contributed by atoms with Crippen molar-refractivity contribution in [2.24, 2.45) is 5.92 Å². The van der Waals surface area contributed by atoms with Gasteiger partial charge in [0.25, 0.3) is 5.91 Å². The molecule has 2 saturated heterocycles. The summed E-state index contributed by atoms with van der Waals surface area (Å²) in [6.07, 6.45) is 2.50. The quantitative estimate of drug-likeness (QED) is 0.746. The third-order valence-electron chi connectivity index (χ3n) is 5.76. The molecule has 0 saturated carbocycles. The number of benzene rings is 1. The minimum absolute atomic E-state index is 0.0592. The molecule has 0 N–H and O–H groups in total. The van der Waals surface area contributed by atoms with Gasteiger partial charge in [-0.1, -0.05) is 19.3 Å². The average molecular weight is 396 g/mol. The number of carbonyl (C=O) groups excluding carboxylic acids is 2. The molecular weight excluding hydrogens is 369 g/mol. The van der Waals surface area contributed by atoms with Crippen LogP contribution in [0.15, 0.2) is 24.3 Å². The van der Waals surface area contributed by atoms with Crippen LogP contribution in [0.1, 0.15) is 60.9 Å². The molecular formula is C21H27F3N2O2. The smallest absolute Gasteiger partial charge is 0.342 e. The molecule has 2 fully saturated rings. The molecule has 0 aliphatic carbocycles. The first-order valence-corrected chi connectivity index (χ1v) is 10.1. The van der Waals surface area contributed by atoms with Gasteiger partial charge in [-0.05, 0) is 49.9 Å². The molecule has 0 aromatic heterocycles. The Morgan fingerprint density at radius 2 is 1.32 bits per heavy atom. The number of rotatable bonds is 2. The summed E-state index contributed by atoms with van der Waals surface area (Å²) in [5.41, 5.74) is -0.511. The Labute approximate surface area is 163 Å². The molecule has 28 heavy (non-hydrogen) atoms. The maximum Gasteiger partial charge on any atom is 0.416 e. The summed E-state index contributed by atoms with van der Waals surface area (Å²) >= 11 is 0. The Balaban J connectivity index is 1.54. The summed E-state index contributed by atoms with van der Waals surface area (Å²) in [6, 6.07) is 4.32. The van der Waals surface area contributed by atoms with Crippen LogP contribution in [0, 0.1) is 5.92 Å². The summed E-state index contributed by atoms with van der Waals surface area (Å²) < 4.78 is 38.0. The van der Waals surface area contributed by atoms with Crippen LogP contribution in [-0.2, 0) is 11.0 Å². The highest BCUT2D eigenvalue weighted by Crippen LogP contribution is 2.29. The first-order valence-electron chi connectivity index (χ1n) is 10.1. The van der Waals surface area contributed by atoms with E-state index in [9.17, 15) is 22.8 Å². The monoisotopic (exact) mass is 396 g/mol. The maximum atomic E-state index is 12.8. The minimum Gasteiger partial charge on any atom is -0.342 e. The van der Waals surface area contributed by atoms with Crippen molar-refractivity contribution in [3.05, 3.63) is 35.4 Å². The van der Waals surface area contributed by atoms with Crippen LogP contribution in [0.2, 0.25) is 0 Å². The van der Waals surface area contributed by atoms with Gasteiger partial charge >= 0.3 is 6.18 Å². The fraction of sp³-hybridized carbons (Fsp3) is 0.619. The van der Waals surface area contributed by atoms with Crippen LogP contribution >= 0.6 is 0 Å². The third kappa shape index (κ3) is 5.06. The molecule has 0 radical (unpaired) electrons. The van der Waals surface area contributed by atoms with Gasteiger partial charge in [0.15, 0.2) is 0 Å². The number of carbonyl (C=O) groups is 2. The number of hydrogen-bond acceptors (Lipinski definition) is 2. The fourth-order valence-corrected chi connectivity index (χ4v) is 4.04. The van der Waals surface area contributed by atoms with Crippen molar-refractivity contribution >= 4 is 11.8 Å². The lowest BCUT2D eigenvalue weighted by molar-refractivity contribution is -0.138. The third-order valence-corrected chi connectivity index (χ3v) is 5.76. The van der Waals surface area contributed by atoms with E-state index in [1.54, 1.807) is 4.90 Å². The van der Waals surface area contributed by atoms with Crippen LogP contribution in [0.5, 0.6) is 0 Å². The Morgan fingerprint density at radius 1 is 0.786 bits per heavy atom. The summed E-state index contributed by atoms with van der Waals surface area (Å²) in [7, 11) is 0. The highest BCUT2D eigenvalue weighted by atomic mass is 19.4. The van der Waals surface area contributed by atoms with Crippen molar-refractivity contribution in [2.75, 3.05) is 26.2 Å². The zero-order valence-corrected chi connectivity index (χ0v) is 16.0. The predicted octanol–water partition coefficient (Wildman–Crippen LogP) is 4.35. The van der Waals surface area contributed by atoms with Gasteiger partial charge in [-0.25, -0.2) is 0 Å². The van der Waals surface area contributed by atoms with Crippen molar-refractivity contribution in [3.63, 3.8) is 0 Å². The maximum absolute atomic E-state index is 12.8. The van der Waals surface area contributed by atoms with Crippen molar-refractivity contribution < 1.29 is 22.8 Å². The molecule has 7 heteroatoms. The van der Waals surface area contributed by atoms with Crippen LogP contribution in [0.25, 0.3) is 0 Å². The van der Waals surface area contributed by atoms with E-state index in [0.29, 0.717) is 25.9 Å². The molecule has 1 aromatic rings. The Bertz CT molecular complexity index is 672. The van der Waals surface area contributed by atoms with Gasteiger partial charge < -0.3 is 9.80 Å². The van der Waals surface area contributed by atoms with Gasteiger partial charge in [0.05, 0.1) is 5.56 Å². The number of alkyl halides is 3. The van der Waals surface area contributed by atoms with Crippen LogP contribution in [0.4, 0.5) is 13.2 Å². The van der Waals surface area contributed by atoms with Gasteiger partial charge in [-0.15, -0.1) is 0 Å². The van der Waals surface area contributed by atoms with E-state index in [0.717, 1.165) is 38.1 Å². The first-order chi connectivity index (χ1) is 13.4. The van der Waals surface area contributed by atoms with Gasteiger partial charge in [0.2, 0.25) is 5.91 Å². The normalized spacial score (nSPS) is 19.8. The van der Waals surface area contributed by atoms with E-state index in [-0.39, 0.29) is 23.3 Å². The van der Waals surface area contributed by atoms with E-state index in [1.807, 2.05) is 4.90 Å². The summed E-state index contributed by atoms with van der Waals surface area (Å²) in [5.74, 6) is -0.134. The van der Waals surface area contributed by atoms with Crippen molar-refractivity contribution in [1.82, 2.24) is 9.80 Å². The highest BCUT2D eigenvalue weighted by molar-refractivity contribution is 5.94. The zero-order valence-electron chi connectivity index (χ0n) is 16.0. The Kier molecular flexibility index (Phi) is 6.62. The molecule has 0 atom stereocenters. The second-order valence-electron chi connectivity index (χ2n) is 7.73. The number of nitrogens with zero attached hydrogens (tertiary/aromatic N) is 2. The van der Waals surface area contributed by atoms with Gasteiger partial charge in [-0.3, -0.25) is 9.59 Å². The molecule has 2 amide bonds. The minimum atomic E-state index is -4.41. The van der Waals surface area contributed by atoms with E-state index >= 15 is 0 Å². The molecule has 0 bridgehead atoms. The number of likely N-dealkylation sites (tertiary alicyclic amines) is 2. The second-order valence-corrected chi connectivity index (χ2v) is 7.73. The largest absolute Gasteiger partial charge is 0.416 e. The van der Waals surface area contributed by atoms with Gasteiger partial charge in [0.1, 0.15) is 0 Å². The van der Waals surface area contributed by atoms with E-state index in [4.69, 9.17) is 0 Å². The molecule has 3 rings (SSSR count).